The molecule has 92 valence electrons. The Morgan fingerprint density at radius 1 is 1.44 bits per heavy atom. The van der Waals surface area contributed by atoms with Gasteiger partial charge in [0, 0.05) is 29.0 Å². The highest BCUT2D eigenvalue weighted by atomic mass is 32.2. The molecule has 0 amide bonds. The first-order valence-corrected chi connectivity index (χ1v) is 7.66. The molecule has 2 nitrogen and oxygen atoms in total. The maximum atomic E-state index is 4.52. The number of rotatable bonds is 6. The molecule has 1 heterocycles. The minimum Gasteiger partial charge on any atom is -0.310 e. The van der Waals surface area contributed by atoms with Crippen LogP contribution in [0.3, 0.4) is 0 Å². The van der Waals surface area contributed by atoms with Gasteiger partial charge in [-0.25, -0.2) is 4.98 Å². The molecule has 0 aliphatic carbocycles. The third kappa shape index (κ3) is 5.87. The van der Waals surface area contributed by atoms with Crippen molar-refractivity contribution in [2.75, 3.05) is 12.3 Å². The first kappa shape index (κ1) is 14.0. The molecule has 0 bridgehead atoms. The van der Waals surface area contributed by atoms with Crippen molar-refractivity contribution in [3.05, 3.63) is 16.1 Å². The molecule has 0 unspecified atom stereocenters. The van der Waals surface area contributed by atoms with E-state index in [2.05, 4.69) is 43.4 Å². The number of nitrogens with zero attached hydrogens (tertiary/aromatic N) is 1. The zero-order chi connectivity index (χ0) is 12.0. The van der Waals surface area contributed by atoms with Gasteiger partial charge in [-0.2, -0.15) is 11.8 Å². The number of thioether (sulfide) groups is 1. The van der Waals surface area contributed by atoms with Crippen LogP contribution in [0.2, 0.25) is 0 Å². The molecule has 0 aromatic carbocycles. The number of aromatic nitrogens is 1. The highest BCUT2D eigenvalue weighted by Gasteiger charge is 2.09. The molecule has 0 saturated carbocycles. The lowest BCUT2D eigenvalue weighted by Crippen LogP contribution is -2.19. The fraction of sp³-hybridized carbons (Fsp3) is 0.750. The molecule has 1 N–H and O–H groups in total. The molecular weight excluding hydrogens is 236 g/mol. The van der Waals surface area contributed by atoms with E-state index in [4.69, 9.17) is 0 Å². The second-order valence-corrected chi connectivity index (χ2v) is 7.59. The number of hydrogen-bond acceptors (Lipinski definition) is 4. The lowest BCUT2D eigenvalue weighted by molar-refractivity contribution is 0.712. The molecule has 1 aromatic heterocycles. The largest absolute Gasteiger partial charge is 0.310 e. The number of aryl methyl sites for hydroxylation is 1. The Kier molecular flexibility index (Phi) is 5.79. The normalized spacial score (nSPS) is 12.0. The summed E-state index contributed by atoms with van der Waals surface area (Å²) in [5, 5.41) is 6.83. The molecule has 0 aliphatic rings. The summed E-state index contributed by atoms with van der Waals surface area (Å²) in [5.74, 6) is 1.16. The first-order chi connectivity index (χ1) is 7.51. The van der Waals surface area contributed by atoms with Crippen molar-refractivity contribution >= 4 is 23.1 Å². The van der Waals surface area contributed by atoms with E-state index in [9.17, 15) is 0 Å². The summed E-state index contributed by atoms with van der Waals surface area (Å²) in [4.78, 5) is 4.52. The third-order valence-corrected chi connectivity index (χ3v) is 4.34. The topological polar surface area (TPSA) is 24.9 Å². The van der Waals surface area contributed by atoms with E-state index in [1.165, 1.54) is 10.7 Å². The molecule has 1 aromatic rings. The predicted octanol–water partition coefficient (Wildman–Crippen LogP) is 3.33. The lowest BCUT2D eigenvalue weighted by atomic mass is 10.3. The van der Waals surface area contributed by atoms with Crippen LogP contribution < -0.4 is 5.32 Å². The Bertz CT molecular complexity index is 302. The highest BCUT2D eigenvalue weighted by Crippen LogP contribution is 2.22. The van der Waals surface area contributed by atoms with Crippen LogP contribution in [-0.4, -0.2) is 22.0 Å². The summed E-state index contributed by atoms with van der Waals surface area (Å²) in [7, 11) is 0. The Labute approximate surface area is 107 Å². The Hall–Kier alpha value is -0.0600. The van der Waals surface area contributed by atoms with Crippen molar-refractivity contribution < 1.29 is 0 Å². The Morgan fingerprint density at radius 2 is 2.19 bits per heavy atom. The fourth-order valence-electron chi connectivity index (χ4n) is 1.24. The second kappa shape index (κ2) is 6.62. The van der Waals surface area contributed by atoms with Crippen LogP contribution in [0.5, 0.6) is 0 Å². The maximum absolute atomic E-state index is 4.52. The number of thiazole rings is 1. The SMILES string of the molecule is CCc1nc(CNCCSC(C)(C)C)cs1. The summed E-state index contributed by atoms with van der Waals surface area (Å²) < 4.78 is 0.373. The smallest absolute Gasteiger partial charge is 0.0926 e. The van der Waals surface area contributed by atoms with Gasteiger partial charge in [0.25, 0.3) is 0 Å². The van der Waals surface area contributed by atoms with Crippen molar-refractivity contribution in [1.82, 2.24) is 10.3 Å². The molecule has 1 rings (SSSR count). The summed E-state index contributed by atoms with van der Waals surface area (Å²) >= 11 is 3.76. The van der Waals surface area contributed by atoms with Crippen molar-refractivity contribution in [2.24, 2.45) is 0 Å². The predicted molar refractivity (Wildman–Crippen MR) is 75.4 cm³/mol. The van der Waals surface area contributed by atoms with Crippen LogP contribution in [0, 0.1) is 0 Å². The molecule has 4 heteroatoms. The standard InChI is InChI=1S/C12H22N2S2/c1-5-11-14-10(9-15-11)8-13-6-7-16-12(2,3)4/h9,13H,5-8H2,1-4H3. The van der Waals surface area contributed by atoms with Crippen LogP contribution in [0.25, 0.3) is 0 Å². The van der Waals surface area contributed by atoms with Crippen molar-refractivity contribution in [1.29, 1.82) is 0 Å². The monoisotopic (exact) mass is 258 g/mol. The summed E-state index contributed by atoms with van der Waals surface area (Å²) in [6.07, 6.45) is 1.05. The van der Waals surface area contributed by atoms with E-state index in [0.717, 1.165) is 25.3 Å². The van der Waals surface area contributed by atoms with Gasteiger partial charge in [-0.3, -0.25) is 0 Å². The van der Waals surface area contributed by atoms with Crippen molar-refractivity contribution in [2.45, 2.75) is 45.4 Å². The highest BCUT2D eigenvalue weighted by molar-refractivity contribution is 8.00. The van der Waals surface area contributed by atoms with Crippen LogP contribution in [0.15, 0.2) is 5.38 Å². The van der Waals surface area contributed by atoms with Crippen molar-refractivity contribution in [3.8, 4) is 0 Å². The summed E-state index contributed by atoms with van der Waals surface area (Å²) in [6, 6.07) is 0. The van der Waals surface area contributed by atoms with Gasteiger partial charge in [0.05, 0.1) is 10.7 Å². The zero-order valence-corrected chi connectivity index (χ0v) is 12.3. The molecule has 0 saturated heterocycles. The molecule has 0 fully saturated rings. The van der Waals surface area contributed by atoms with E-state index in [1.807, 2.05) is 11.8 Å². The molecule has 0 aliphatic heterocycles. The van der Waals surface area contributed by atoms with Gasteiger partial charge in [-0.15, -0.1) is 11.3 Å². The molecule has 0 radical (unpaired) electrons. The first-order valence-electron chi connectivity index (χ1n) is 5.79. The van der Waals surface area contributed by atoms with E-state index in [0.29, 0.717) is 4.75 Å². The molecule has 0 spiro atoms. The van der Waals surface area contributed by atoms with Crippen LogP contribution in [0.4, 0.5) is 0 Å². The third-order valence-electron chi connectivity index (χ3n) is 2.02. The van der Waals surface area contributed by atoms with Gasteiger partial charge in [0.1, 0.15) is 0 Å². The van der Waals surface area contributed by atoms with E-state index in [1.54, 1.807) is 11.3 Å². The van der Waals surface area contributed by atoms with Crippen molar-refractivity contribution in [3.63, 3.8) is 0 Å². The minimum atomic E-state index is 0.373. The van der Waals surface area contributed by atoms with Crippen LogP contribution >= 0.6 is 23.1 Å². The molecule has 16 heavy (non-hydrogen) atoms. The number of nitrogens with one attached hydrogen (secondary N) is 1. The maximum Gasteiger partial charge on any atom is 0.0926 e. The van der Waals surface area contributed by atoms with Gasteiger partial charge in [0.2, 0.25) is 0 Å². The Morgan fingerprint density at radius 3 is 2.75 bits per heavy atom. The van der Waals surface area contributed by atoms with Gasteiger partial charge in [-0.1, -0.05) is 27.7 Å². The zero-order valence-electron chi connectivity index (χ0n) is 10.7. The Balaban J connectivity index is 2.11. The second-order valence-electron chi connectivity index (χ2n) is 4.72. The minimum absolute atomic E-state index is 0.373. The lowest BCUT2D eigenvalue weighted by Gasteiger charge is -2.17. The summed E-state index contributed by atoms with van der Waals surface area (Å²) in [6.45, 7) is 10.9. The quantitative estimate of drug-likeness (QED) is 0.792. The fourth-order valence-corrected chi connectivity index (χ4v) is 2.84. The molecule has 0 atom stereocenters. The van der Waals surface area contributed by atoms with Gasteiger partial charge >= 0.3 is 0 Å². The van der Waals surface area contributed by atoms with Gasteiger partial charge < -0.3 is 5.32 Å². The average Bonchev–Trinajstić information content (AvgIpc) is 2.63. The van der Waals surface area contributed by atoms with Crippen LogP contribution in [-0.2, 0) is 13.0 Å². The molecular formula is C12H22N2S2. The van der Waals surface area contributed by atoms with Gasteiger partial charge in [0.15, 0.2) is 0 Å². The number of hydrogen-bond donors (Lipinski definition) is 1. The summed E-state index contributed by atoms with van der Waals surface area (Å²) in [5.41, 5.74) is 1.18. The van der Waals surface area contributed by atoms with Crippen LogP contribution in [0.1, 0.15) is 38.4 Å². The van der Waals surface area contributed by atoms with E-state index < -0.39 is 0 Å². The van der Waals surface area contributed by atoms with E-state index >= 15 is 0 Å². The van der Waals surface area contributed by atoms with Gasteiger partial charge in [-0.05, 0) is 6.42 Å². The van der Waals surface area contributed by atoms with E-state index in [-0.39, 0.29) is 0 Å². The average molecular weight is 258 g/mol.